The van der Waals surface area contributed by atoms with Crippen LogP contribution in [0.25, 0.3) is 0 Å². The van der Waals surface area contributed by atoms with Crippen molar-refractivity contribution < 1.29 is 9.59 Å². The minimum absolute atomic E-state index is 0.0857. The van der Waals surface area contributed by atoms with Gasteiger partial charge in [0.2, 0.25) is 5.91 Å². The number of nitrogens with one attached hydrogen (secondary N) is 1. The van der Waals surface area contributed by atoms with E-state index in [2.05, 4.69) is 5.32 Å². The van der Waals surface area contributed by atoms with E-state index in [0.717, 1.165) is 22.4 Å². The third-order valence-corrected chi connectivity index (χ3v) is 3.95. The second-order valence-corrected chi connectivity index (χ2v) is 5.64. The molecule has 0 fully saturated rings. The van der Waals surface area contributed by atoms with Crippen LogP contribution in [0, 0.1) is 6.92 Å². The second kappa shape index (κ2) is 5.64. The topological polar surface area (TPSA) is 49.4 Å². The van der Waals surface area contributed by atoms with Crippen LogP contribution in [0.15, 0.2) is 42.5 Å². The Labute approximate surface area is 129 Å². The van der Waals surface area contributed by atoms with Crippen LogP contribution in [0.4, 0.5) is 5.69 Å². The smallest absolute Gasteiger partial charge is 0.251 e. The highest BCUT2D eigenvalue weighted by atomic mass is 16.2. The number of carbonyl (C=O) groups excluding carboxylic acids is 2. The molecule has 3 rings (SSSR count). The normalized spacial score (nSPS) is 13.2. The van der Waals surface area contributed by atoms with E-state index in [1.807, 2.05) is 43.3 Å². The number of rotatable bonds is 3. The van der Waals surface area contributed by atoms with Gasteiger partial charge in [-0.3, -0.25) is 9.59 Å². The van der Waals surface area contributed by atoms with Gasteiger partial charge in [-0.05, 0) is 36.2 Å². The lowest BCUT2D eigenvalue weighted by Crippen LogP contribution is -2.22. The zero-order valence-electron chi connectivity index (χ0n) is 12.7. The molecule has 112 valence electrons. The molecule has 1 aliphatic heterocycles. The van der Waals surface area contributed by atoms with Crippen LogP contribution in [-0.4, -0.2) is 18.9 Å². The van der Waals surface area contributed by atoms with Crippen molar-refractivity contribution in [2.45, 2.75) is 19.9 Å². The first-order valence-corrected chi connectivity index (χ1v) is 7.28. The molecule has 4 nitrogen and oxygen atoms in total. The summed E-state index contributed by atoms with van der Waals surface area (Å²) in [4.78, 5) is 25.5. The Morgan fingerprint density at radius 2 is 2.05 bits per heavy atom. The third-order valence-electron chi connectivity index (χ3n) is 3.95. The maximum Gasteiger partial charge on any atom is 0.251 e. The van der Waals surface area contributed by atoms with Gasteiger partial charge in [-0.25, -0.2) is 0 Å². The third kappa shape index (κ3) is 2.72. The highest BCUT2D eigenvalue weighted by Gasteiger charge is 2.23. The Morgan fingerprint density at radius 3 is 2.82 bits per heavy atom. The molecule has 2 amide bonds. The summed E-state index contributed by atoms with van der Waals surface area (Å²) in [5.74, 6) is 0.0216. The Morgan fingerprint density at radius 1 is 1.23 bits per heavy atom. The van der Waals surface area contributed by atoms with Gasteiger partial charge >= 0.3 is 0 Å². The zero-order chi connectivity index (χ0) is 15.7. The average Bonchev–Trinajstić information content (AvgIpc) is 2.79. The number of nitrogens with zero attached hydrogens (tertiary/aromatic N) is 1. The molecule has 0 radical (unpaired) electrons. The van der Waals surface area contributed by atoms with E-state index >= 15 is 0 Å². The molecule has 0 aromatic heterocycles. The summed E-state index contributed by atoms with van der Waals surface area (Å²) in [6, 6.07) is 13.4. The standard InChI is InChI=1S/C18H18N2O2/c1-12-4-3-5-14(8-12)18(22)19-11-13-6-7-16-15(9-13)10-17(21)20(16)2/h3-9H,10-11H2,1-2H3,(H,19,22). The summed E-state index contributed by atoms with van der Waals surface area (Å²) in [7, 11) is 1.79. The van der Waals surface area contributed by atoms with Gasteiger partial charge < -0.3 is 10.2 Å². The molecule has 0 saturated carbocycles. The Hall–Kier alpha value is -2.62. The number of amides is 2. The Bertz CT molecular complexity index is 753. The van der Waals surface area contributed by atoms with Gasteiger partial charge in [-0.1, -0.05) is 29.8 Å². The number of benzene rings is 2. The lowest BCUT2D eigenvalue weighted by molar-refractivity contribution is -0.117. The maximum atomic E-state index is 12.1. The zero-order valence-corrected chi connectivity index (χ0v) is 12.7. The summed E-state index contributed by atoms with van der Waals surface area (Å²) in [6.45, 7) is 2.42. The minimum atomic E-state index is -0.0857. The van der Waals surface area contributed by atoms with Gasteiger partial charge in [0.1, 0.15) is 0 Å². The molecule has 0 aliphatic carbocycles. The first-order valence-electron chi connectivity index (χ1n) is 7.28. The van der Waals surface area contributed by atoms with E-state index in [9.17, 15) is 9.59 Å². The molecule has 1 N–H and O–H groups in total. The molecule has 22 heavy (non-hydrogen) atoms. The van der Waals surface area contributed by atoms with Crippen molar-refractivity contribution in [3.63, 3.8) is 0 Å². The van der Waals surface area contributed by atoms with Crippen LogP contribution in [-0.2, 0) is 17.8 Å². The number of anilines is 1. The lowest BCUT2D eigenvalue weighted by atomic mass is 10.1. The first kappa shape index (κ1) is 14.3. The van der Waals surface area contributed by atoms with Crippen LogP contribution < -0.4 is 10.2 Å². The van der Waals surface area contributed by atoms with Gasteiger partial charge in [0, 0.05) is 24.8 Å². The highest BCUT2D eigenvalue weighted by Crippen LogP contribution is 2.28. The molecule has 1 heterocycles. The molecule has 2 aromatic rings. The van der Waals surface area contributed by atoms with Gasteiger partial charge in [-0.15, -0.1) is 0 Å². The fraction of sp³-hybridized carbons (Fsp3) is 0.222. The summed E-state index contributed by atoms with van der Waals surface area (Å²) >= 11 is 0. The van der Waals surface area contributed by atoms with E-state index < -0.39 is 0 Å². The molecule has 0 atom stereocenters. The maximum absolute atomic E-state index is 12.1. The van der Waals surface area contributed by atoms with Gasteiger partial charge in [0.05, 0.1) is 6.42 Å². The van der Waals surface area contributed by atoms with Crippen molar-refractivity contribution >= 4 is 17.5 Å². The van der Waals surface area contributed by atoms with Crippen molar-refractivity contribution in [1.82, 2.24) is 5.32 Å². The number of hydrogen-bond acceptors (Lipinski definition) is 2. The molecule has 0 spiro atoms. The van der Waals surface area contributed by atoms with Crippen molar-refractivity contribution in [1.29, 1.82) is 0 Å². The van der Waals surface area contributed by atoms with Crippen LogP contribution in [0.3, 0.4) is 0 Å². The molecular formula is C18H18N2O2. The van der Waals surface area contributed by atoms with Crippen molar-refractivity contribution in [2.24, 2.45) is 0 Å². The monoisotopic (exact) mass is 294 g/mol. The lowest BCUT2D eigenvalue weighted by Gasteiger charge is -2.11. The van der Waals surface area contributed by atoms with E-state index in [1.54, 1.807) is 18.0 Å². The fourth-order valence-corrected chi connectivity index (χ4v) is 2.70. The van der Waals surface area contributed by atoms with Crippen LogP contribution >= 0.6 is 0 Å². The summed E-state index contributed by atoms with van der Waals surface area (Å²) in [5.41, 5.74) is 4.71. The van der Waals surface area contributed by atoms with Crippen LogP contribution in [0.2, 0.25) is 0 Å². The number of fused-ring (bicyclic) bond motifs is 1. The van der Waals surface area contributed by atoms with E-state index in [4.69, 9.17) is 0 Å². The quantitative estimate of drug-likeness (QED) is 0.945. The minimum Gasteiger partial charge on any atom is -0.348 e. The number of aryl methyl sites for hydroxylation is 1. The summed E-state index contributed by atoms with van der Waals surface area (Å²) in [5, 5.41) is 2.92. The molecule has 1 aliphatic rings. The highest BCUT2D eigenvalue weighted by molar-refractivity contribution is 6.01. The largest absolute Gasteiger partial charge is 0.348 e. The van der Waals surface area contributed by atoms with Crippen molar-refractivity contribution in [2.75, 3.05) is 11.9 Å². The molecule has 0 bridgehead atoms. The number of carbonyl (C=O) groups is 2. The molecule has 0 unspecified atom stereocenters. The van der Waals surface area contributed by atoms with Gasteiger partial charge in [-0.2, -0.15) is 0 Å². The average molecular weight is 294 g/mol. The molecule has 0 saturated heterocycles. The molecular weight excluding hydrogens is 276 g/mol. The van der Waals surface area contributed by atoms with Crippen LogP contribution in [0.1, 0.15) is 27.0 Å². The van der Waals surface area contributed by atoms with E-state index in [-0.39, 0.29) is 11.8 Å². The molecule has 2 aromatic carbocycles. The predicted octanol–water partition coefficient (Wildman–Crippen LogP) is 2.44. The predicted molar refractivity (Wildman–Crippen MR) is 85.9 cm³/mol. The Balaban J connectivity index is 1.69. The second-order valence-electron chi connectivity index (χ2n) is 5.64. The summed E-state index contributed by atoms with van der Waals surface area (Å²) < 4.78 is 0. The van der Waals surface area contributed by atoms with Gasteiger partial charge in [0.25, 0.3) is 5.91 Å². The fourth-order valence-electron chi connectivity index (χ4n) is 2.70. The number of hydrogen-bond donors (Lipinski definition) is 1. The van der Waals surface area contributed by atoms with E-state index in [1.165, 1.54) is 0 Å². The SMILES string of the molecule is Cc1cccc(C(=O)NCc2ccc3c(c2)CC(=O)N3C)c1. The Kier molecular flexibility index (Phi) is 3.67. The van der Waals surface area contributed by atoms with Crippen molar-refractivity contribution in [3.05, 3.63) is 64.7 Å². The van der Waals surface area contributed by atoms with Crippen molar-refractivity contribution in [3.8, 4) is 0 Å². The number of likely N-dealkylation sites (N-methyl/N-ethyl adjacent to an activating group) is 1. The van der Waals surface area contributed by atoms with Gasteiger partial charge in [0.15, 0.2) is 0 Å². The molecule has 4 heteroatoms. The first-order chi connectivity index (χ1) is 10.5. The van der Waals surface area contributed by atoms with E-state index in [0.29, 0.717) is 18.5 Å². The van der Waals surface area contributed by atoms with Crippen LogP contribution in [0.5, 0.6) is 0 Å². The summed E-state index contributed by atoms with van der Waals surface area (Å²) in [6.07, 6.45) is 0.436.